The second-order valence-electron chi connectivity index (χ2n) is 8.18. The van der Waals surface area contributed by atoms with Crippen LogP contribution in [0.2, 0.25) is 0 Å². The van der Waals surface area contributed by atoms with Crippen LogP contribution in [-0.2, 0) is 19.6 Å². The number of rotatable bonds is 4. The van der Waals surface area contributed by atoms with E-state index in [4.69, 9.17) is 0 Å². The Balaban J connectivity index is 1.63. The third-order valence-corrected chi connectivity index (χ3v) is 7.20. The van der Waals surface area contributed by atoms with Crippen LogP contribution in [0.25, 0.3) is 10.8 Å². The Kier molecular flexibility index (Phi) is 6.17. The van der Waals surface area contributed by atoms with Gasteiger partial charge in [0.05, 0.1) is 6.26 Å². The van der Waals surface area contributed by atoms with E-state index in [1.807, 2.05) is 12.1 Å². The summed E-state index contributed by atoms with van der Waals surface area (Å²) in [6, 6.07) is 5.99. The Morgan fingerprint density at radius 2 is 1.85 bits per heavy atom. The van der Waals surface area contributed by atoms with E-state index in [2.05, 4.69) is 10.3 Å². The molecule has 0 spiro atoms. The van der Waals surface area contributed by atoms with Crippen molar-refractivity contribution in [1.29, 1.82) is 0 Å². The minimum Gasteiger partial charge on any atom is -0.480 e. The number of piperazine rings is 1. The van der Waals surface area contributed by atoms with Gasteiger partial charge >= 0.3 is 5.97 Å². The summed E-state index contributed by atoms with van der Waals surface area (Å²) in [5.74, 6) is -2.40. The Bertz CT molecular complexity index is 1240. The lowest BCUT2D eigenvalue weighted by molar-refractivity contribution is -0.156. The van der Waals surface area contributed by atoms with Gasteiger partial charge in [0, 0.05) is 30.7 Å². The normalized spacial score (nSPS) is 25.1. The number of nitrogens with zero attached hydrogens (tertiary/aromatic N) is 3. The Morgan fingerprint density at radius 1 is 1.12 bits per heavy atom. The number of hydrogen-bond donors (Lipinski definition) is 2. The first-order valence-corrected chi connectivity index (χ1v) is 12.3. The molecule has 2 amide bonds. The smallest absolute Gasteiger partial charge is 0.327 e. The van der Waals surface area contributed by atoms with Crippen molar-refractivity contribution in [3.05, 3.63) is 54.4 Å². The highest BCUT2D eigenvalue weighted by atomic mass is 32.2. The fourth-order valence-electron chi connectivity index (χ4n) is 4.34. The number of nitrogens with one attached hydrogen (secondary N) is 1. The summed E-state index contributed by atoms with van der Waals surface area (Å²) in [7, 11) is -3.64. The molecule has 1 saturated heterocycles. The van der Waals surface area contributed by atoms with E-state index in [9.17, 15) is 27.9 Å². The average Bonchev–Trinajstić information content (AvgIpc) is 2.77. The standard InChI is InChI=1S/C22H24N4O6S/c1-33(31,32)25-12-15-7-3-5-9-17(21(28)26(15)18(13-25)22(29)30)24-20(27)19-16-8-4-2-6-14(16)10-11-23-19/h2-6,8,10-11,15,17-18H,7,9,12-13H2,1H3,(H,24,27)(H,29,30)/b5-3-/t15-,17-,18-/m0/s1. The van der Waals surface area contributed by atoms with Gasteiger partial charge in [-0.25, -0.2) is 13.2 Å². The van der Waals surface area contributed by atoms with Gasteiger partial charge in [0.2, 0.25) is 15.9 Å². The number of carbonyl (C=O) groups is 3. The van der Waals surface area contributed by atoms with Gasteiger partial charge in [0.1, 0.15) is 17.8 Å². The molecule has 10 nitrogen and oxygen atoms in total. The fraction of sp³-hybridized carbons (Fsp3) is 0.364. The van der Waals surface area contributed by atoms with Crippen molar-refractivity contribution < 1.29 is 27.9 Å². The number of aliphatic carboxylic acids is 1. The molecule has 0 aliphatic carbocycles. The molecule has 3 heterocycles. The molecule has 4 rings (SSSR count). The molecule has 2 aliphatic heterocycles. The van der Waals surface area contributed by atoms with E-state index >= 15 is 0 Å². The highest BCUT2D eigenvalue weighted by molar-refractivity contribution is 7.88. The zero-order valence-corrected chi connectivity index (χ0v) is 18.7. The summed E-state index contributed by atoms with van der Waals surface area (Å²) in [6.45, 7) is -0.351. The van der Waals surface area contributed by atoms with Crippen LogP contribution in [0, 0.1) is 0 Å². The molecular formula is C22H24N4O6S. The number of pyridine rings is 1. The first-order valence-electron chi connectivity index (χ1n) is 10.5. The molecule has 0 unspecified atom stereocenters. The highest BCUT2D eigenvalue weighted by Gasteiger charge is 2.45. The lowest BCUT2D eigenvalue weighted by atomic mass is 9.98. The summed E-state index contributed by atoms with van der Waals surface area (Å²) in [6.07, 6.45) is 6.55. The van der Waals surface area contributed by atoms with Gasteiger partial charge in [-0.2, -0.15) is 4.31 Å². The zero-order chi connectivity index (χ0) is 23.8. The van der Waals surface area contributed by atoms with Gasteiger partial charge in [0.25, 0.3) is 5.91 Å². The molecule has 0 radical (unpaired) electrons. The number of fused-ring (bicyclic) bond motifs is 2. The first kappa shape index (κ1) is 22.9. The molecule has 174 valence electrons. The van der Waals surface area contributed by atoms with Crippen LogP contribution in [-0.4, -0.2) is 83.0 Å². The number of hydrogen-bond acceptors (Lipinski definition) is 6. The zero-order valence-electron chi connectivity index (χ0n) is 17.9. The Morgan fingerprint density at radius 3 is 2.58 bits per heavy atom. The van der Waals surface area contributed by atoms with Crippen LogP contribution in [0.15, 0.2) is 48.7 Å². The van der Waals surface area contributed by atoms with Gasteiger partial charge in [-0.1, -0.05) is 36.4 Å². The fourth-order valence-corrected chi connectivity index (χ4v) is 5.19. The summed E-state index contributed by atoms with van der Waals surface area (Å²) in [5, 5.41) is 13.9. The lowest BCUT2D eigenvalue weighted by Crippen LogP contribution is -2.66. The quantitative estimate of drug-likeness (QED) is 0.622. The number of carbonyl (C=O) groups excluding carboxylic acids is 2. The molecule has 33 heavy (non-hydrogen) atoms. The topological polar surface area (TPSA) is 137 Å². The number of carboxylic acid groups (broad SMARTS) is 1. The van der Waals surface area contributed by atoms with Crippen molar-refractivity contribution >= 4 is 38.6 Å². The molecular weight excluding hydrogens is 448 g/mol. The second-order valence-corrected chi connectivity index (χ2v) is 10.2. The van der Waals surface area contributed by atoms with E-state index < -0.39 is 45.9 Å². The molecule has 1 aromatic carbocycles. The summed E-state index contributed by atoms with van der Waals surface area (Å²) in [5.41, 5.74) is 0.167. The van der Waals surface area contributed by atoms with E-state index in [0.717, 1.165) is 15.9 Å². The largest absolute Gasteiger partial charge is 0.480 e. The maximum Gasteiger partial charge on any atom is 0.327 e. The minimum atomic E-state index is -3.64. The first-order chi connectivity index (χ1) is 15.7. The van der Waals surface area contributed by atoms with E-state index in [1.54, 1.807) is 30.4 Å². The Hall–Kier alpha value is -3.31. The third-order valence-electron chi connectivity index (χ3n) is 5.97. The molecule has 0 bridgehead atoms. The predicted octanol–water partition coefficient (Wildman–Crippen LogP) is 0.609. The summed E-state index contributed by atoms with van der Waals surface area (Å²) < 4.78 is 25.3. The van der Waals surface area contributed by atoms with Crippen LogP contribution >= 0.6 is 0 Å². The molecule has 3 atom stereocenters. The number of amides is 2. The second kappa shape index (κ2) is 8.91. The van der Waals surface area contributed by atoms with E-state index in [1.165, 1.54) is 11.1 Å². The molecule has 11 heteroatoms. The molecule has 1 fully saturated rings. The molecule has 2 aromatic rings. The lowest BCUT2D eigenvalue weighted by Gasteiger charge is -2.45. The van der Waals surface area contributed by atoms with Gasteiger partial charge < -0.3 is 15.3 Å². The number of aromatic nitrogens is 1. The monoisotopic (exact) mass is 472 g/mol. The molecule has 1 aromatic heterocycles. The number of sulfonamides is 1. The van der Waals surface area contributed by atoms with Crippen molar-refractivity contribution in [1.82, 2.24) is 19.5 Å². The van der Waals surface area contributed by atoms with E-state index in [-0.39, 0.29) is 25.2 Å². The average molecular weight is 473 g/mol. The van der Waals surface area contributed by atoms with Gasteiger partial charge in [-0.3, -0.25) is 14.6 Å². The van der Waals surface area contributed by atoms with Crippen molar-refractivity contribution in [3.63, 3.8) is 0 Å². The molecule has 0 saturated carbocycles. The Labute approximate surface area is 190 Å². The van der Waals surface area contributed by atoms with Crippen LogP contribution in [0.5, 0.6) is 0 Å². The van der Waals surface area contributed by atoms with Crippen molar-refractivity contribution in [2.75, 3.05) is 19.3 Å². The maximum absolute atomic E-state index is 13.5. The summed E-state index contributed by atoms with van der Waals surface area (Å²) in [4.78, 5) is 43.9. The number of carboxylic acids is 1. The van der Waals surface area contributed by atoms with Crippen molar-refractivity contribution in [3.8, 4) is 0 Å². The molecule has 2 N–H and O–H groups in total. The number of benzene rings is 1. The third kappa shape index (κ3) is 4.60. The maximum atomic E-state index is 13.5. The van der Waals surface area contributed by atoms with Crippen molar-refractivity contribution in [2.45, 2.75) is 31.0 Å². The van der Waals surface area contributed by atoms with Crippen LogP contribution in [0.1, 0.15) is 23.3 Å². The highest BCUT2D eigenvalue weighted by Crippen LogP contribution is 2.25. The van der Waals surface area contributed by atoms with Gasteiger partial charge in [0.15, 0.2) is 0 Å². The van der Waals surface area contributed by atoms with Crippen LogP contribution in [0.4, 0.5) is 0 Å². The van der Waals surface area contributed by atoms with Crippen LogP contribution in [0.3, 0.4) is 0 Å². The SMILES string of the molecule is CS(=O)(=O)N1C[C@@H]2C/C=C\C[C@H](NC(=O)c3nccc4ccccc34)C(=O)N2[C@H](C(=O)O)C1. The minimum absolute atomic E-state index is 0.00968. The predicted molar refractivity (Wildman–Crippen MR) is 120 cm³/mol. The van der Waals surface area contributed by atoms with Crippen LogP contribution < -0.4 is 5.32 Å². The van der Waals surface area contributed by atoms with E-state index in [0.29, 0.717) is 11.8 Å². The van der Waals surface area contributed by atoms with Gasteiger partial charge in [-0.15, -0.1) is 0 Å². The summed E-state index contributed by atoms with van der Waals surface area (Å²) >= 11 is 0. The molecule has 2 aliphatic rings. The van der Waals surface area contributed by atoms with Gasteiger partial charge in [-0.05, 0) is 24.3 Å². The van der Waals surface area contributed by atoms with Crippen molar-refractivity contribution in [2.24, 2.45) is 0 Å².